The largest absolute Gasteiger partial charge is 0.321 e. The van der Waals surface area contributed by atoms with Crippen LogP contribution in [0.4, 0.5) is 14.5 Å². The van der Waals surface area contributed by atoms with E-state index in [2.05, 4.69) is 5.32 Å². The van der Waals surface area contributed by atoms with Crippen molar-refractivity contribution in [1.29, 1.82) is 0 Å². The predicted molar refractivity (Wildman–Crippen MR) is 77.7 cm³/mol. The van der Waals surface area contributed by atoms with Gasteiger partial charge in [-0.15, -0.1) is 0 Å². The van der Waals surface area contributed by atoms with E-state index < -0.39 is 5.76 Å². The van der Waals surface area contributed by atoms with Crippen LogP contribution in [0.25, 0.3) is 0 Å². The molecule has 1 N–H and O–H groups in total. The number of nitrogens with one attached hydrogen (secondary N) is 1. The predicted octanol–water partition coefficient (Wildman–Crippen LogP) is 4.91. The van der Waals surface area contributed by atoms with Gasteiger partial charge in [-0.1, -0.05) is 35.5 Å². The second-order valence-electron chi connectivity index (χ2n) is 3.84. The number of anilines is 1. The van der Waals surface area contributed by atoms with Gasteiger partial charge in [0.05, 0.1) is 5.69 Å². The van der Waals surface area contributed by atoms with E-state index in [1.165, 1.54) is 6.07 Å². The van der Waals surface area contributed by atoms with Gasteiger partial charge in [0, 0.05) is 15.5 Å². The zero-order chi connectivity index (χ0) is 14.5. The summed E-state index contributed by atoms with van der Waals surface area (Å²) >= 11 is 6.14. The summed E-state index contributed by atoms with van der Waals surface area (Å²) in [6, 6.07) is 12.8. The second kappa shape index (κ2) is 6.72. The highest BCUT2D eigenvalue weighted by Crippen LogP contribution is 2.31. The van der Waals surface area contributed by atoms with Crippen LogP contribution >= 0.6 is 23.4 Å². The molecule has 0 unspecified atom stereocenters. The molecule has 20 heavy (non-hydrogen) atoms. The van der Waals surface area contributed by atoms with Crippen LogP contribution in [0.5, 0.6) is 0 Å². The average Bonchev–Trinajstić information content (AvgIpc) is 2.41. The molecule has 2 aromatic rings. The van der Waals surface area contributed by atoms with Crippen molar-refractivity contribution in [3.8, 4) is 0 Å². The summed E-state index contributed by atoms with van der Waals surface area (Å²) in [5.74, 6) is -2.91. The van der Waals surface area contributed by atoms with Crippen molar-refractivity contribution in [2.45, 2.75) is 10.7 Å². The van der Waals surface area contributed by atoms with Gasteiger partial charge >= 0.3 is 0 Å². The fraction of sp³-hybridized carbons (Fsp3) is 0.0714. The number of hydrogen-bond donors (Lipinski definition) is 1. The Hall–Kier alpha value is -1.59. The molecule has 0 radical (unpaired) electrons. The molecule has 0 saturated carbocycles. The lowest BCUT2D eigenvalue weighted by atomic mass is 10.2. The van der Waals surface area contributed by atoms with Gasteiger partial charge in [0.2, 0.25) is 0 Å². The van der Waals surface area contributed by atoms with Gasteiger partial charge in [-0.3, -0.25) is 4.79 Å². The molecule has 0 spiro atoms. The van der Waals surface area contributed by atoms with E-state index in [4.69, 9.17) is 11.6 Å². The third-order valence-corrected chi connectivity index (χ3v) is 3.50. The number of hydrogen-bond acceptors (Lipinski definition) is 2. The molecule has 0 fully saturated rings. The Labute approximate surface area is 124 Å². The van der Waals surface area contributed by atoms with Crippen LogP contribution in [0.2, 0.25) is 5.02 Å². The van der Waals surface area contributed by atoms with E-state index in [1.807, 2.05) is 0 Å². The first kappa shape index (κ1) is 14.8. The molecule has 2 nitrogen and oxygen atoms in total. The van der Waals surface area contributed by atoms with Crippen LogP contribution in [0.1, 0.15) is 10.4 Å². The Balaban J connectivity index is 2.17. The number of halogens is 3. The van der Waals surface area contributed by atoms with Crippen LogP contribution in [-0.4, -0.2) is 11.7 Å². The van der Waals surface area contributed by atoms with Gasteiger partial charge < -0.3 is 5.32 Å². The number of para-hydroxylation sites is 1. The first-order valence-corrected chi connectivity index (χ1v) is 6.93. The first-order valence-electron chi connectivity index (χ1n) is 5.67. The zero-order valence-corrected chi connectivity index (χ0v) is 11.7. The lowest BCUT2D eigenvalue weighted by Gasteiger charge is -2.10. The van der Waals surface area contributed by atoms with Crippen molar-refractivity contribution in [3.05, 3.63) is 59.1 Å². The number of alkyl halides is 2. The summed E-state index contributed by atoms with van der Waals surface area (Å²) in [5.41, 5.74) is 0.768. The number of thioether (sulfide) groups is 1. The van der Waals surface area contributed by atoms with Crippen molar-refractivity contribution in [2.24, 2.45) is 0 Å². The normalized spacial score (nSPS) is 10.6. The maximum atomic E-state index is 12.4. The van der Waals surface area contributed by atoms with Crippen molar-refractivity contribution in [1.82, 2.24) is 0 Å². The molecule has 0 bridgehead atoms. The van der Waals surface area contributed by atoms with Crippen LogP contribution < -0.4 is 5.32 Å². The first-order chi connectivity index (χ1) is 9.56. The quantitative estimate of drug-likeness (QED) is 0.813. The molecule has 0 aliphatic rings. The van der Waals surface area contributed by atoms with E-state index in [1.54, 1.807) is 42.5 Å². The summed E-state index contributed by atoms with van der Waals surface area (Å²) in [7, 11) is 0. The lowest BCUT2D eigenvalue weighted by Crippen LogP contribution is -2.12. The van der Waals surface area contributed by atoms with Crippen LogP contribution in [0.15, 0.2) is 53.4 Å². The van der Waals surface area contributed by atoms with Crippen LogP contribution in [0.3, 0.4) is 0 Å². The summed E-state index contributed by atoms with van der Waals surface area (Å²) in [4.78, 5) is 12.3. The number of amides is 1. The molecule has 0 heterocycles. The zero-order valence-electron chi connectivity index (χ0n) is 10.1. The monoisotopic (exact) mass is 313 g/mol. The third kappa shape index (κ3) is 3.95. The molecular formula is C14H10ClF2NOS. The number of carbonyl (C=O) groups is 1. The van der Waals surface area contributed by atoms with E-state index in [0.717, 1.165) is 0 Å². The second-order valence-corrected chi connectivity index (χ2v) is 5.30. The summed E-state index contributed by atoms with van der Waals surface area (Å²) in [6.45, 7) is 0. The van der Waals surface area contributed by atoms with Gasteiger partial charge in [0.25, 0.3) is 11.7 Å². The minimum atomic E-state index is -2.54. The molecule has 6 heteroatoms. The standard InChI is InChI=1S/C14H10ClF2NOS/c15-10-7-5-9(6-8-10)13(19)18-11-3-1-2-4-12(11)20-14(16)17/h1-8,14H,(H,18,19). The highest BCUT2D eigenvalue weighted by molar-refractivity contribution is 7.99. The number of benzene rings is 2. The lowest BCUT2D eigenvalue weighted by molar-refractivity contribution is 0.102. The van der Waals surface area contributed by atoms with Gasteiger partial charge in [0.1, 0.15) is 0 Å². The average molecular weight is 314 g/mol. The Kier molecular flexibility index (Phi) is 4.98. The molecule has 0 aliphatic carbocycles. The highest BCUT2D eigenvalue weighted by Gasteiger charge is 2.12. The molecule has 0 saturated heterocycles. The van der Waals surface area contributed by atoms with Gasteiger partial charge in [-0.2, -0.15) is 8.78 Å². The Morgan fingerprint density at radius 2 is 1.75 bits per heavy atom. The van der Waals surface area contributed by atoms with E-state index in [0.29, 0.717) is 32.9 Å². The van der Waals surface area contributed by atoms with Crippen molar-refractivity contribution < 1.29 is 13.6 Å². The van der Waals surface area contributed by atoms with E-state index >= 15 is 0 Å². The van der Waals surface area contributed by atoms with Gasteiger partial charge in [-0.05, 0) is 36.4 Å². The van der Waals surface area contributed by atoms with Crippen molar-refractivity contribution in [2.75, 3.05) is 5.32 Å². The minimum absolute atomic E-state index is 0.324. The van der Waals surface area contributed by atoms with Crippen molar-refractivity contribution in [3.63, 3.8) is 0 Å². The smallest absolute Gasteiger partial charge is 0.288 e. The van der Waals surface area contributed by atoms with Crippen LogP contribution in [0, 0.1) is 0 Å². The van der Waals surface area contributed by atoms with Crippen molar-refractivity contribution >= 4 is 35.0 Å². The molecule has 1 amide bonds. The topological polar surface area (TPSA) is 29.1 Å². The number of carbonyl (C=O) groups excluding carboxylic acids is 1. The fourth-order valence-electron chi connectivity index (χ4n) is 1.56. The van der Waals surface area contributed by atoms with E-state index in [9.17, 15) is 13.6 Å². The molecule has 0 atom stereocenters. The number of rotatable bonds is 4. The third-order valence-electron chi connectivity index (χ3n) is 2.46. The molecular weight excluding hydrogens is 304 g/mol. The maximum absolute atomic E-state index is 12.4. The molecule has 104 valence electrons. The van der Waals surface area contributed by atoms with E-state index in [-0.39, 0.29) is 5.91 Å². The summed E-state index contributed by atoms with van der Waals surface area (Å²) < 4.78 is 24.9. The van der Waals surface area contributed by atoms with Gasteiger partial charge in [0.15, 0.2) is 0 Å². The Bertz CT molecular complexity index is 604. The van der Waals surface area contributed by atoms with Gasteiger partial charge in [-0.25, -0.2) is 0 Å². The molecule has 2 aromatic carbocycles. The molecule has 0 aromatic heterocycles. The minimum Gasteiger partial charge on any atom is -0.321 e. The Morgan fingerprint density at radius 1 is 1.10 bits per heavy atom. The molecule has 2 rings (SSSR count). The Morgan fingerprint density at radius 3 is 2.40 bits per heavy atom. The summed E-state index contributed by atoms with van der Waals surface area (Å²) in [5, 5.41) is 3.14. The maximum Gasteiger partial charge on any atom is 0.288 e. The SMILES string of the molecule is O=C(Nc1ccccc1SC(F)F)c1ccc(Cl)cc1. The molecule has 0 aliphatic heterocycles. The fourth-order valence-corrected chi connectivity index (χ4v) is 2.29. The highest BCUT2D eigenvalue weighted by atomic mass is 35.5. The summed E-state index contributed by atoms with van der Waals surface area (Å²) in [6.07, 6.45) is 0. The van der Waals surface area contributed by atoms with Crippen LogP contribution in [-0.2, 0) is 0 Å².